The van der Waals surface area contributed by atoms with E-state index in [1.54, 1.807) is 20.3 Å². The molecule has 1 aliphatic heterocycles. The van der Waals surface area contributed by atoms with Crippen molar-refractivity contribution in [2.45, 2.75) is 32.3 Å². The van der Waals surface area contributed by atoms with Crippen LogP contribution in [0.15, 0.2) is 24.3 Å². The molecule has 0 saturated carbocycles. The van der Waals surface area contributed by atoms with Crippen molar-refractivity contribution in [3.8, 4) is 23.1 Å². The van der Waals surface area contributed by atoms with Gasteiger partial charge in [-0.25, -0.2) is 4.98 Å². The Labute approximate surface area is 171 Å². The second-order valence-electron chi connectivity index (χ2n) is 6.83. The minimum absolute atomic E-state index is 0.117. The molecule has 1 aliphatic rings. The Hall–Kier alpha value is -2.51. The van der Waals surface area contributed by atoms with Crippen LogP contribution in [0.4, 0.5) is 0 Å². The third kappa shape index (κ3) is 5.52. The summed E-state index contributed by atoms with van der Waals surface area (Å²) in [5.74, 6) is 2.01. The number of aryl methyl sites for hydroxylation is 2. The zero-order valence-electron chi connectivity index (χ0n) is 17.3. The summed E-state index contributed by atoms with van der Waals surface area (Å²) in [6.45, 7) is 4.03. The lowest BCUT2D eigenvalue weighted by Crippen LogP contribution is -2.33. The van der Waals surface area contributed by atoms with E-state index in [1.807, 2.05) is 25.1 Å². The summed E-state index contributed by atoms with van der Waals surface area (Å²) in [7, 11) is 3.24. The number of nitrogens with zero attached hydrogens (tertiary/aromatic N) is 1. The molecule has 0 spiro atoms. The molecule has 1 saturated heterocycles. The van der Waals surface area contributed by atoms with E-state index >= 15 is 0 Å². The molecule has 7 nitrogen and oxygen atoms in total. The van der Waals surface area contributed by atoms with Crippen LogP contribution < -0.4 is 14.2 Å². The van der Waals surface area contributed by atoms with E-state index < -0.39 is 0 Å². The molecule has 1 aromatic heterocycles. The monoisotopic (exact) mass is 403 g/mol. The maximum atomic E-state index is 10.4. The van der Waals surface area contributed by atoms with Gasteiger partial charge in [0.1, 0.15) is 18.5 Å². The molecule has 1 aromatic carbocycles. The zero-order chi connectivity index (χ0) is 20.6. The SMILES string of the molecule is CCc1c(O)cc(OC[C@@H]2COCCO2)nc1CCc1ccc(OC)c(OC)c1. The number of aromatic nitrogens is 1. The van der Waals surface area contributed by atoms with Gasteiger partial charge < -0.3 is 28.8 Å². The number of pyridine rings is 1. The number of rotatable bonds is 9. The molecular weight excluding hydrogens is 374 g/mol. The standard InChI is InChI=1S/C22H29NO6/c1-4-17-18(7-5-15-6-8-20(25-2)21(11-15)26-3)23-22(12-19(17)24)29-14-16-13-27-9-10-28-16/h6,8,11-12,16H,4-5,7,9-10,13-14H2,1-3H3,(H,23,24)/t16-/m0/s1. The summed E-state index contributed by atoms with van der Waals surface area (Å²) >= 11 is 0. The lowest BCUT2D eigenvalue weighted by atomic mass is 10.0. The number of hydrogen-bond acceptors (Lipinski definition) is 7. The number of hydrogen-bond donors (Lipinski definition) is 1. The van der Waals surface area contributed by atoms with Crippen LogP contribution in [-0.2, 0) is 28.7 Å². The van der Waals surface area contributed by atoms with E-state index in [9.17, 15) is 5.11 Å². The Kier molecular flexibility index (Phi) is 7.55. The summed E-state index contributed by atoms with van der Waals surface area (Å²) in [4.78, 5) is 4.65. The zero-order valence-corrected chi connectivity index (χ0v) is 17.3. The Morgan fingerprint density at radius 3 is 2.62 bits per heavy atom. The van der Waals surface area contributed by atoms with Crippen molar-refractivity contribution in [3.05, 3.63) is 41.1 Å². The second kappa shape index (κ2) is 10.3. The maximum Gasteiger partial charge on any atom is 0.217 e. The van der Waals surface area contributed by atoms with Crippen LogP contribution in [0.2, 0.25) is 0 Å². The van der Waals surface area contributed by atoms with E-state index in [4.69, 9.17) is 23.7 Å². The van der Waals surface area contributed by atoms with E-state index in [0.717, 1.165) is 23.2 Å². The minimum atomic E-state index is -0.117. The molecule has 1 N–H and O–H groups in total. The predicted molar refractivity (Wildman–Crippen MR) is 108 cm³/mol. The van der Waals surface area contributed by atoms with Gasteiger partial charge in [-0.2, -0.15) is 0 Å². The van der Waals surface area contributed by atoms with Crippen LogP contribution in [-0.4, -0.2) is 56.8 Å². The molecule has 0 radical (unpaired) electrons. The van der Waals surface area contributed by atoms with E-state index in [1.165, 1.54) is 0 Å². The van der Waals surface area contributed by atoms with Crippen molar-refractivity contribution in [1.82, 2.24) is 4.98 Å². The van der Waals surface area contributed by atoms with Gasteiger partial charge in [0.05, 0.1) is 39.7 Å². The van der Waals surface area contributed by atoms with Crippen LogP contribution in [0.3, 0.4) is 0 Å². The fraction of sp³-hybridized carbons (Fsp3) is 0.500. The first-order valence-corrected chi connectivity index (χ1v) is 9.89. The van der Waals surface area contributed by atoms with Gasteiger partial charge in [-0.15, -0.1) is 0 Å². The first-order valence-electron chi connectivity index (χ1n) is 9.89. The van der Waals surface area contributed by atoms with Crippen LogP contribution in [0.5, 0.6) is 23.1 Å². The largest absolute Gasteiger partial charge is 0.507 e. The fourth-order valence-electron chi connectivity index (χ4n) is 3.36. The quantitative estimate of drug-likeness (QED) is 0.690. The summed E-state index contributed by atoms with van der Waals surface area (Å²) < 4.78 is 27.4. The number of ether oxygens (including phenoxy) is 5. The van der Waals surface area contributed by atoms with E-state index in [-0.39, 0.29) is 11.9 Å². The highest BCUT2D eigenvalue weighted by atomic mass is 16.6. The van der Waals surface area contributed by atoms with Crippen LogP contribution in [0, 0.1) is 0 Å². The highest BCUT2D eigenvalue weighted by molar-refractivity contribution is 5.44. The first-order chi connectivity index (χ1) is 14.1. The van der Waals surface area contributed by atoms with Crippen molar-refractivity contribution in [1.29, 1.82) is 0 Å². The van der Waals surface area contributed by atoms with Gasteiger partial charge >= 0.3 is 0 Å². The molecule has 29 heavy (non-hydrogen) atoms. The second-order valence-corrected chi connectivity index (χ2v) is 6.83. The third-order valence-electron chi connectivity index (χ3n) is 4.92. The highest BCUT2D eigenvalue weighted by Crippen LogP contribution is 2.30. The van der Waals surface area contributed by atoms with Gasteiger partial charge in [-0.1, -0.05) is 13.0 Å². The highest BCUT2D eigenvalue weighted by Gasteiger charge is 2.17. The molecule has 0 unspecified atom stereocenters. The Morgan fingerprint density at radius 2 is 1.93 bits per heavy atom. The average molecular weight is 403 g/mol. The lowest BCUT2D eigenvalue weighted by molar-refractivity contribution is -0.102. The number of aromatic hydroxyl groups is 1. The normalized spacial score (nSPS) is 16.4. The molecule has 7 heteroatoms. The summed E-state index contributed by atoms with van der Waals surface area (Å²) in [6, 6.07) is 7.44. The molecule has 2 heterocycles. The number of benzene rings is 1. The number of methoxy groups -OCH3 is 2. The Balaban J connectivity index is 1.70. The Morgan fingerprint density at radius 1 is 1.10 bits per heavy atom. The molecule has 2 aromatic rings. The van der Waals surface area contributed by atoms with Crippen molar-refractivity contribution in [2.24, 2.45) is 0 Å². The van der Waals surface area contributed by atoms with E-state index in [0.29, 0.717) is 56.6 Å². The predicted octanol–water partition coefficient (Wildman–Crippen LogP) is 2.95. The van der Waals surface area contributed by atoms with Crippen molar-refractivity contribution in [3.63, 3.8) is 0 Å². The van der Waals surface area contributed by atoms with Gasteiger partial charge in [0, 0.05) is 11.6 Å². The summed E-state index contributed by atoms with van der Waals surface area (Å²) in [6.07, 6.45) is 2.00. The van der Waals surface area contributed by atoms with Crippen molar-refractivity contribution < 1.29 is 28.8 Å². The van der Waals surface area contributed by atoms with Gasteiger partial charge in [-0.05, 0) is 37.0 Å². The van der Waals surface area contributed by atoms with Gasteiger partial charge in [0.2, 0.25) is 5.88 Å². The topological polar surface area (TPSA) is 79.3 Å². The molecule has 158 valence electrons. The molecule has 3 rings (SSSR count). The Bertz CT molecular complexity index is 804. The van der Waals surface area contributed by atoms with Crippen LogP contribution in [0.1, 0.15) is 23.7 Å². The molecule has 1 atom stereocenters. The van der Waals surface area contributed by atoms with Crippen molar-refractivity contribution >= 4 is 0 Å². The van der Waals surface area contributed by atoms with Crippen molar-refractivity contribution in [2.75, 3.05) is 40.6 Å². The molecule has 0 bridgehead atoms. The van der Waals surface area contributed by atoms with Gasteiger partial charge in [-0.3, -0.25) is 0 Å². The van der Waals surface area contributed by atoms with Gasteiger partial charge in [0.25, 0.3) is 0 Å². The maximum absolute atomic E-state index is 10.4. The summed E-state index contributed by atoms with van der Waals surface area (Å²) in [5.41, 5.74) is 2.78. The lowest BCUT2D eigenvalue weighted by Gasteiger charge is -2.23. The van der Waals surface area contributed by atoms with E-state index in [2.05, 4.69) is 4.98 Å². The molecule has 0 amide bonds. The van der Waals surface area contributed by atoms with Gasteiger partial charge in [0.15, 0.2) is 11.5 Å². The fourth-order valence-corrected chi connectivity index (χ4v) is 3.36. The molecular formula is C22H29NO6. The summed E-state index contributed by atoms with van der Waals surface area (Å²) in [5, 5.41) is 10.4. The first kappa shape index (κ1) is 21.2. The minimum Gasteiger partial charge on any atom is -0.507 e. The molecule has 1 fully saturated rings. The van der Waals surface area contributed by atoms with Crippen LogP contribution >= 0.6 is 0 Å². The average Bonchev–Trinajstić information content (AvgIpc) is 2.76. The molecule has 0 aliphatic carbocycles. The smallest absolute Gasteiger partial charge is 0.217 e. The van der Waals surface area contributed by atoms with Crippen LogP contribution in [0.25, 0.3) is 0 Å². The third-order valence-corrected chi connectivity index (χ3v) is 4.92.